The molecule has 2 aromatic carbocycles. The van der Waals surface area contributed by atoms with E-state index in [1.807, 2.05) is 66.4 Å². The number of carbonyl (C=O) groups is 2. The van der Waals surface area contributed by atoms with Crippen LogP contribution in [0.2, 0.25) is 0 Å². The molecule has 1 N–H and O–H groups in total. The molecule has 136 valence electrons. The lowest BCUT2D eigenvalue weighted by Gasteiger charge is -2.41. The van der Waals surface area contributed by atoms with Crippen molar-refractivity contribution in [2.45, 2.75) is 32.4 Å². The van der Waals surface area contributed by atoms with Crippen molar-refractivity contribution in [2.24, 2.45) is 0 Å². The summed E-state index contributed by atoms with van der Waals surface area (Å²) >= 11 is 0. The first-order chi connectivity index (χ1) is 12.6. The molecule has 0 fully saturated rings. The van der Waals surface area contributed by atoms with Crippen LogP contribution < -0.4 is 10.2 Å². The second-order valence-corrected chi connectivity index (χ2v) is 6.29. The number of esters is 1. The molecular formula is C21H24N2O3. The molecule has 3 rings (SSSR count). The molecule has 0 bridgehead atoms. The van der Waals surface area contributed by atoms with E-state index in [2.05, 4.69) is 5.32 Å². The van der Waals surface area contributed by atoms with Gasteiger partial charge < -0.3 is 15.0 Å². The highest BCUT2D eigenvalue weighted by Crippen LogP contribution is 2.52. The molecule has 0 saturated carbocycles. The molecular weight excluding hydrogens is 328 g/mol. The highest BCUT2D eigenvalue weighted by Gasteiger charge is 2.59. The highest BCUT2D eigenvalue weighted by atomic mass is 16.5. The van der Waals surface area contributed by atoms with Gasteiger partial charge in [-0.1, -0.05) is 48.5 Å². The highest BCUT2D eigenvalue weighted by molar-refractivity contribution is 5.93. The zero-order valence-corrected chi connectivity index (χ0v) is 15.4. The second-order valence-electron chi connectivity index (χ2n) is 6.29. The number of carbonyl (C=O) groups excluding carboxylic acids is 2. The van der Waals surface area contributed by atoms with Crippen molar-refractivity contribution in [3.63, 3.8) is 0 Å². The quantitative estimate of drug-likeness (QED) is 0.840. The number of hydrogen-bond acceptors (Lipinski definition) is 4. The van der Waals surface area contributed by atoms with Crippen LogP contribution in [0.1, 0.15) is 37.9 Å². The predicted octanol–water partition coefficient (Wildman–Crippen LogP) is 3.16. The Morgan fingerprint density at radius 2 is 1.73 bits per heavy atom. The number of nitrogens with one attached hydrogen (secondary N) is 1. The molecule has 0 spiro atoms. The third kappa shape index (κ3) is 2.64. The first kappa shape index (κ1) is 18.0. The van der Waals surface area contributed by atoms with Crippen molar-refractivity contribution in [3.05, 3.63) is 65.7 Å². The van der Waals surface area contributed by atoms with E-state index < -0.39 is 11.6 Å². The maximum Gasteiger partial charge on any atom is 0.339 e. The monoisotopic (exact) mass is 352 g/mol. The van der Waals surface area contributed by atoms with Crippen molar-refractivity contribution in [1.29, 1.82) is 0 Å². The molecule has 1 heterocycles. The van der Waals surface area contributed by atoms with Crippen LogP contribution in [0, 0.1) is 0 Å². The van der Waals surface area contributed by atoms with E-state index >= 15 is 0 Å². The van der Waals surface area contributed by atoms with Crippen LogP contribution in [0.5, 0.6) is 0 Å². The van der Waals surface area contributed by atoms with Crippen LogP contribution >= 0.6 is 0 Å². The van der Waals surface area contributed by atoms with Gasteiger partial charge in [-0.15, -0.1) is 0 Å². The van der Waals surface area contributed by atoms with E-state index in [-0.39, 0.29) is 18.5 Å². The van der Waals surface area contributed by atoms with Gasteiger partial charge in [-0.2, -0.15) is 0 Å². The minimum absolute atomic E-state index is 0.188. The Bertz CT molecular complexity index is 806. The summed E-state index contributed by atoms with van der Waals surface area (Å²) in [5.74, 6) is -0.546. The molecule has 1 amide bonds. The molecule has 2 unspecified atom stereocenters. The van der Waals surface area contributed by atoms with E-state index in [0.717, 1.165) is 16.8 Å². The van der Waals surface area contributed by atoms with Gasteiger partial charge >= 0.3 is 5.97 Å². The standard InChI is InChI=1S/C21H24N2O3/c1-4-23-18-14-10-9-13-17(18)19(22-15(3)24)21(23,20(25)26-5-2)16-11-7-6-8-12-16/h6-14,19H,4-5H2,1-3H3,(H,22,24). The van der Waals surface area contributed by atoms with E-state index in [4.69, 9.17) is 4.74 Å². The number of fused-ring (bicyclic) bond motifs is 1. The smallest absolute Gasteiger partial charge is 0.339 e. The molecule has 2 aromatic rings. The molecule has 1 aliphatic rings. The summed E-state index contributed by atoms with van der Waals surface area (Å²) in [7, 11) is 0. The number of para-hydroxylation sites is 1. The number of rotatable bonds is 5. The lowest BCUT2D eigenvalue weighted by atomic mass is 9.81. The molecule has 0 aliphatic carbocycles. The molecule has 0 aromatic heterocycles. The van der Waals surface area contributed by atoms with Crippen molar-refractivity contribution in [3.8, 4) is 0 Å². The average Bonchev–Trinajstić information content (AvgIpc) is 2.93. The Morgan fingerprint density at radius 1 is 1.08 bits per heavy atom. The van der Waals surface area contributed by atoms with Gasteiger partial charge in [0.1, 0.15) is 0 Å². The number of benzene rings is 2. The first-order valence-electron chi connectivity index (χ1n) is 8.93. The van der Waals surface area contributed by atoms with Gasteiger partial charge in [-0.05, 0) is 25.5 Å². The summed E-state index contributed by atoms with van der Waals surface area (Å²) in [6, 6.07) is 16.8. The normalized spacial score (nSPS) is 21.2. The van der Waals surface area contributed by atoms with E-state index in [0.29, 0.717) is 6.54 Å². The van der Waals surface area contributed by atoms with Crippen molar-refractivity contribution in [2.75, 3.05) is 18.1 Å². The van der Waals surface area contributed by atoms with E-state index in [9.17, 15) is 9.59 Å². The molecule has 0 saturated heterocycles. The second kappa shape index (κ2) is 7.20. The minimum Gasteiger partial charge on any atom is -0.464 e. The summed E-state index contributed by atoms with van der Waals surface area (Å²) in [5, 5.41) is 3.01. The molecule has 0 radical (unpaired) electrons. The molecule has 5 heteroatoms. The third-order valence-corrected chi connectivity index (χ3v) is 4.85. The van der Waals surface area contributed by atoms with Gasteiger partial charge in [0.2, 0.25) is 5.91 Å². The number of ether oxygens (including phenoxy) is 1. The summed E-state index contributed by atoms with van der Waals surface area (Å²) in [6.45, 7) is 6.14. The topological polar surface area (TPSA) is 58.6 Å². The van der Waals surface area contributed by atoms with Gasteiger partial charge in [-0.3, -0.25) is 4.79 Å². The summed E-state index contributed by atoms with van der Waals surface area (Å²) in [4.78, 5) is 27.4. The van der Waals surface area contributed by atoms with Gasteiger partial charge in [0.15, 0.2) is 5.54 Å². The number of amides is 1. The van der Waals surface area contributed by atoms with Gasteiger partial charge in [0.05, 0.1) is 12.6 Å². The van der Waals surface area contributed by atoms with Crippen LogP contribution in [0.15, 0.2) is 54.6 Å². The van der Waals surface area contributed by atoms with Crippen molar-refractivity contribution >= 4 is 17.6 Å². The first-order valence-corrected chi connectivity index (χ1v) is 8.93. The zero-order chi connectivity index (χ0) is 18.7. The van der Waals surface area contributed by atoms with Crippen LogP contribution in [0.3, 0.4) is 0 Å². The lowest BCUT2D eigenvalue weighted by molar-refractivity contribution is -0.151. The zero-order valence-electron chi connectivity index (χ0n) is 15.4. The van der Waals surface area contributed by atoms with Gasteiger partial charge in [-0.25, -0.2) is 4.79 Å². The number of anilines is 1. The lowest BCUT2D eigenvalue weighted by Crippen LogP contribution is -2.57. The maximum absolute atomic E-state index is 13.4. The van der Waals surface area contributed by atoms with Gasteiger partial charge in [0.25, 0.3) is 0 Å². The molecule has 1 aliphatic heterocycles. The van der Waals surface area contributed by atoms with Crippen LogP contribution in [-0.4, -0.2) is 25.0 Å². The maximum atomic E-state index is 13.4. The molecule has 5 nitrogen and oxygen atoms in total. The van der Waals surface area contributed by atoms with E-state index in [1.165, 1.54) is 6.92 Å². The van der Waals surface area contributed by atoms with Crippen LogP contribution in [0.4, 0.5) is 5.69 Å². The fourth-order valence-electron chi connectivity index (χ4n) is 3.96. The SMILES string of the molecule is CCOC(=O)C1(c2ccccc2)C(NC(C)=O)c2ccccc2N1CC. The van der Waals surface area contributed by atoms with Crippen molar-refractivity contribution in [1.82, 2.24) is 5.32 Å². The van der Waals surface area contributed by atoms with E-state index in [1.54, 1.807) is 6.92 Å². The Morgan fingerprint density at radius 3 is 2.35 bits per heavy atom. The summed E-state index contributed by atoms with van der Waals surface area (Å²) < 4.78 is 5.53. The average molecular weight is 352 g/mol. The largest absolute Gasteiger partial charge is 0.464 e. The Labute approximate surface area is 154 Å². The van der Waals surface area contributed by atoms with Gasteiger partial charge in [0, 0.05) is 24.7 Å². The fraction of sp³-hybridized carbons (Fsp3) is 0.333. The summed E-state index contributed by atoms with van der Waals surface area (Å²) in [5.41, 5.74) is 1.52. The molecule has 26 heavy (non-hydrogen) atoms. The fourth-order valence-corrected chi connectivity index (χ4v) is 3.96. The number of nitrogens with zero attached hydrogens (tertiary/aromatic N) is 1. The third-order valence-electron chi connectivity index (χ3n) is 4.85. The number of likely N-dealkylation sites (N-methyl/N-ethyl adjacent to an activating group) is 1. The van der Waals surface area contributed by atoms with Crippen LogP contribution in [0.25, 0.3) is 0 Å². The summed E-state index contributed by atoms with van der Waals surface area (Å²) in [6.07, 6.45) is 0. The van der Waals surface area contributed by atoms with Crippen molar-refractivity contribution < 1.29 is 14.3 Å². The Hall–Kier alpha value is -2.82. The Balaban J connectivity index is 2.31. The minimum atomic E-state index is -1.14. The Kier molecular flexibility index (Phi) is 4.98. The molecule has 2 atom stereocenters. The number of hydrogen-bond donors (Lipinski definition) is 1. The predicted molar refractivity (Wildman–Crippen MR) is 101 cm³/mol. The van der Waals surface area contributed by atoms with Crippen LogP contribution in [-0.2, 0) is 19.9 Å².